The van der Waals surface area contributed by atoms with Crippen molar-refractivity contribution >= 4 is 13.7 Å². The second-order valence-corrected chi connectivity index (χ2v) is 11.5. The molecule has 3 rings (SSSR count). The predicted octanol–water partition coefficient (Wildman–Crippen LogP) is 10.2. The van der Waals surface area contributed by atoms with Gasteiger partial charge in [0.15, 0.2) is 0 Å². The smallest absolute Gasteiger partial charge is 0.359 e. The number of unbranched alkanes of at least 4 members (excludes halogenated alkanes) is 5. The lowest BCUT2D eigenvalue weighted by Crippen LogP contribution is -2.35. The molecule has 1 atom stereocenters. The van der Waals surface area contributed by atoms with Gasteiger partial charge in [-0.1, -0.05) is 134 Å². The minimum atomic E-state index is -4.10. The molecule has 242 valence electrons. The predicted molar refractivity (Wildman–Crippen MR) is 180 cm³/mol. The molecule has 2 N–H and O–H groups in total. The largest absolute Gasteiger partial charge is 0.472 e. The van der Waals surface area contributed by atoms with Crippen LogP contribution in [0.25, 0.3) is 0 Å². The summed E-state index contributed by atoms with van der Waals surface area (Å²) in [5.74, 6) is 0.00135. The first-order valence-electron chi connectivity index (χ1n) is 16.3. The molecule has 1 fully saturated rings. The van der Waals surface area contributed by atoms with Crippen LogP contribution in [-0.4, -0.2) is 30.6 Å². The van der Waals surface area contributed by atoms with Crippen LogP contribution in [0.5, 0.6) is 0 Å². The van der Waals surface area contributed by atoms with Crippen LogP contribution in [0.15, 0.2) is 60.7 Å². The summed E-state index contributed by atoms with van der Waals surface area (Å²) in [6.45, 7) is 12.6. The molecule has 1 saturated carbocycles. The van der Waals surface area contributed by atoms with E-state index in [1.165, 1.54) is 36.8 Å². The number of carbonyl (C=O) groups is 1. The zero-order chi connectivity index (χ0) is 31.7. The first-order valence-corrected chi connectivity index (χ1v) is 17.8. The number of carbonyl (C=O) groups excluding carboxylic acids is 1. The van der Waals surface area contributed by atoms with Crippen molar-refractivity contribution in [2.24, 2.45) is 0 Å². The Labute approximate surface area is 259 Å². The van der Waals surface area contributed by atoms with Gasteiger partial charge in [0, 0.05) is 20.3 Å². The SMILES string of the molecule is CC.CC.CCCCCC.CNC(=O)CCCCCOP(=O)(O)OC1CCC(c2ccccc2)(c2ccccc2)CC1.[HH]. The molecule has 42 heavy (non-hydrogen) atoms. The van der Waals surface area contributed by atoms with E-state index < -0.39 is 7.82 Å². The molecule has 1 aliphatic rings. The normalized spacial score (nSPS) is 15.3. The van der Waals surface area contributed by atoms with E-state index in [0.29, 0.717) is 25.7 Å². The molecular weight excluding hydrogens is 545 g/mol. The monoisotopic (exact) mass is 607 g/mol. The van der Waals surface area contributed by atoms with Crippen molar-refractivity contribution in [3.63, 3.8) is 0 Å². The van der Waals surface area contributed by atoms with E-state index in [0.717, 1.165) is 25.7 Å². The molecule has 1 aliphatic carbocycles. The topological polar surface area (TPSA) is 84.9 Å². The third-order valence-corrected chi connectivity index (χ3v) is 8.33. The molecule has 7 heteroatoms. The van der Waals surface area contributed by atoms with Crippen molar-refractivity contribution in [2.45, 2.75) is 130 Å². The molecule has 0 radical (unpaired) electrons. The van der Waals surface area contributed by atoms with Crippen molar-refractivity contribution in [1.29, 1.82) is 0 Å². The maximum absolute atomic E-state index is 12.4. The van der Waals surface area contributed by atoms with Gasteiger partial charge < -0.3 is 10.2 Å². The number of nitrogens with one attached hydrogen (secondary N) is 1. The van der Waals surface area contributed by atoms with E-state index in [-0.39, 0.29) is 25.5 Å². The number of rotatable bonds is 14. The number of hydrogen-bond acceptors (Lipinski definition) is 4. The van der Waals surface area contributed by atoms with Gasteiger partial charge in [-0.2, -0.15) is 0 Å². The zero-order valence-corrected chi connectivity index (χ0v) is 28.5. The van der Waals surface area contributed by atoms with Gasteiger partial charge in [0.1, 0.15) is 0 Å². The first kappa shape index (κ1) is 40.0. The molecule has 0 saturated heterocycles. The van der Waals surface area contributed by atoms with Crippen LogP contribution in [0.4, 0.5) is 0 Å². The molecule has 2 aromatic carbocycles. The van der Waals surface area contributed by atoms with Gasteiger partial charge in [0.2, 0.25) is 5.91 Å². The van der Waals surface area contributed by atoms with Crippen molar-refractivity contribution in [3.05, 3.63) is 71.8 Å². The van der Waals surface area contributed by atoms with Gasteiger partial charge in [-0.05, 0) is 49.7 Å². The molecule has 0 spiro atoms. The summed E-state index contributed by atoms with van der Waals surface area (Å²) in [5, 5.41) is 2.58. The standard InChI is InChI=1S/C25H34NO5P.C6H14.2C2H6.H2/c1-26-24(27)15-9-4-10-20-30-32(28,29)31-23-16-18-25(19-17-23,21-11-5-2-6-12-21)22-13-7-3-8-14-22;1-3-5-6-4-2;2*1-2;/h2-3,5-8,11-14,23H,4,9-10,15-20H2,1H3,(H,26,27)(H,28,29);3-6H2,1-2H3;2*1-2H3;1H. The highest BCUT2D eigenvalue weighted by molar-refractivity contribution is 7.47. The van der Waals surface area contributed by atoms with E-state index in [4.69, 9.17) is 9.05 Å². The fourth-order valence-electron chi connectivity index (χ4n) is 5.04. The van der Waals surface area contributed by atoms with Crippen molar-refractivity contribution < 1.29 is 24.7 Å². The highest BCUT2D eigenvalue weighted by Gasteiger charge is 2.40. The minimum absolute atomic E-state index is 0. The molecule has 1 unspecified atom stereocenters. The van der Waals surface area contributed by atoms with Crippen LogP contribution >= 0.6 is 7.82 Å². The Hall–Kier alpha value is -1.98. The van der Waals surface area contributed by atoms with Crippen LogP contribution in [-0.2, 0) is 23.8 Å². The van der Waals surface area contributed by atoms with Crippen LogP contribution < -0.4 is 5.32 Å². The van der Waals surface area contributed by atoms with E-state index in [2.05, 4.69) is 67.7 Å². The lowest BCUT2D eigenvalue weighted by atomic mass is 9.65. The highest BCUT2D eigenvalue weighted by atomic mass is 31.2. The van der Waals surface area contributed by atoms with Gasteiger partial charge >= 0.3 is 7.82 Å². The summed E-state index contributed by atoms with van der Waals surface area (Å²) in [5.41, 5.74) is 2.42. The minimum Gasteiger partial charge on any atom is -0.359 e. The molecule has 1 amide bonds. The Morgan fingerprint density at radius 1 is 0.857 bits per heavy atom. The van der Waals surface area contributed by atoms with E-state index >= 15 is 0 Å². The quantitative estimate of drug-likeness (QED) is 0.165. The Bertz CT molecular complexity index is 908. The van der Waals surface area contributed by atoms with Crippen molar-refractivity contribution in [3.8, 4) is 0 Å². The summed E-state index contributed by atoms with van der Waals surface area (Å²) < 4.78 is 23.1. The van der Waals surface area contributed by atoms with Gasteiger partial charge in [0.05, 0.1) is 12.7 Å². The number of phosphoric acid groups is 1. The van der Waals surface area contributed by atoms with E-state index in [9.17, 15) is 14.3 Å². The third-order valence-electron chi connectivity index (χ3n) is 7.26. The maximum Gasteiger partial charge on any atom is 0.472 e. The van der Waals surface area contributed by atoms with Gasteiger partial charge in [-0.15, -0.1) is 0 Å². The molecule has 0 heterocycles. The summed E-state index contributed by atoms with van der Waals surface area (Å²) in [6.07, 6.45) is 10.8. The summed E-state index contributed by atoms with van der Waals surface area (Å²) >= 11 is 0. The average molecular weight is 608 g/mol. The maximum atomic E-state index is 12.4. The van der Waals surface area contributed by atoms with E-state index in [1.807, 2.05) is 39.8 Å². The molecule has 6 nitrogen and oxygen atoms in total. The van der Waals surface area contributed by atoms with Gasteiger partial charge in [-0.3, -0.25) is 13.8 Å². The number of benzene rings is 2. The summed E-state index contributed by atoms with van der Waals surface area (Å²) in [7, 11) is -2.49. The number of phosphoric ester groups is 1. The highest BCUT2D eigenvalue weighted by Crippen LogP contribution is 2.51. The Kier molecular flexibility index (Phi) is 23.3. The fourth-order valence-corrected chi connectivity index (χ4v) is 6.04. The third kappa shape index (κ3) is 15.5. The summed E-state index contributed by atoms with van der Waals surface area (Å²) in [4.78, 5) is 21.4. The Morgan fingerprint density at radius 2 is 1.33 bits per heavy atom. The number of amides is 1. The number of hydrogen-bond donors (Lipinski definition) is 2. The van der Waals surface area contributed by atoms with E-state index in [1.54, 1.807) is 7.05 Å². The van der Waals surface area contributed by atoms with Gasteiger partial charge in [0.25, 0.3) is 0 Å². The van der Waals surface area contributed by atoms with Crippen LogP contribution in [0, 0.1) is 0 Å². The van der Waals surface area contributed by atoms with Gasteiger partial charge in [-0.25, -0.2) is 4.57 Å². The first-order chi connectivity index (χ1) is 20.4. The molecule has 0 aromatic heterocycles. The van der Waals surface area contributed by atoms with Crippen molar-refractivity contribution in [1.82, 2.24) is 5.32 Å². The lowest BCUT2D eigenvalue weighted by molar-refractivity contribution is -0.120. The molecule has 0 bridgehead atoms. The average Bonchev–Trinajstić information content (AvgIpc) is 3.05. The lowest BCUT2D eigenvalue weighted by Gasteiger charge is -2.41. The molecular formula is C35H62NO5P. The Morgan fingerprint density at radius 3 is 1.76 bits per heavy atom. The summed E-state index contributed by atoms with van der Waals surface area (Å²) in [6, 6.07) is 21.0. The second-order valence-electron chi connectivity index (χ2n) is 10.1. The van der Waals surface area contributed by atoms with Crippen molar-refractivity contribution in [2.75, 3.05) is 13.7 Å². The zero-order valence-electron chi connectivity index (χ0n) is 27.6. The molecule has 2 aromatic rings. The van der Waals surface area contributed by atoms with Crippen LogP contribution in [0.2, 0.25) is 0 Å². The molecule has 0 aliphatic heterocycles. The van der Waals surface area contributed by atoms with Crippen LogP contribution in [0.3, 0.4) is 0 Å². The second kappa shape index (κ2) is 24.5. The fraction of sp³-hybridized carbons (Fsp3) is 0.629. The Balaban J connectivity index is 0. The van der Waals surface area contributed by atoms with Crippen LogP contribution in [0.1, 0.15) is 131 Å².